The molecule has 2 saturated heterocycles. The van der Waals surface area contributed by atoms with Crippen LogP contribution in [0.3, 0.4) is 0 Å². The summed E-state index contributed by atoms with van der Waals surface area (Å²) in [5, 5.41) is 0. The average Bonchev–Trinajstić information content (AvgIpc) is 2.89. The van der Waals surface area contributed by atoms with E-state index in [9.17, 15) is 14.4 Å². The van der Waals surface area contributed by atoms with Gasteiger partial charge in [0.15, 0.2) is 5.41 Å². The summed E-state index contributed by atoms with van der Waals surface area (Å²) in [5.41, 5.74) is 1.55. The van der Waals surface area contributed by atoms with Crippen molar-refractivity contribution in [2.24, 2.45) is 5.41 Å². The van der Waals surface area contributed by atoms with Crippen LogP contribution in [0, 0.1) is 5.41 Å². The standard InChI is InChI=1S/C28H24BrN3O3/c29-20-15-14-19-18-28(24-13-7-8-16-30(24)23(19)17-20)25(33)31(21-9-3-1-4-10-21)27(35)32(26(28)34)22-11-5-2-6-12-22/h1-6,9-12,14-15,17,24H,7-8,13,16,18H2. The van der Waals surface area contributed by atoms with Gasteiger partial charge in [-0.05, 0) is 67.6 Å². The highest BCUT2D eigenvalue weighted by Crippen LogP contribution is 2.50. The molecular weight excluding hydrogens is 506 g/mol. The second kappa shape index (κ2) is 8.34. The summed E-state index contributed by atoms with van der Waals surface area (Å²) in [6, 6.07) is 22.9. The van der Waals surface area contributed by atoms with E-state index in [1.54, 1.807) is 48.5 Å². The maximum absolute atomic E-state index is 14.5. The number of carbonyl (C=O) groups excluding carboxylic acids is 3. The van der Waals surface area contributed by atoms with Crippen molar-refractivity contribution in [3.05, 3.63) is 88.9 Å². The summed E-state index contributed by atoms with van der Waals surface area (Å²) in [5.74, 6) is -0.868. The maximum Gasteiger partial charge on any atom is 0.342 e. The number of amides is 4. The molecule has 2 fully saturated rings. The summed E-state index contributed by atoms with van der Waals surface area (Å²) in [7, 11) is 0. The first kappa shape index (κ1) is 22.0. The van der Waals surface area contributed by atoms with Crippen molar-refractivity contribution in [3.63, 3.8) is 0 Å². The van der Waals surface area contributed by atoms with Gasteiger partial charge in [0.25, 0.3) is 11.8 Å². The third kappa shape index (κ3) is 3.25. The molecule has 4 amide bonds. The van der Waals surface area contributed by atoms with Gasteiger partial charge < -0.3 is 4.90 Å². The second-order valence-corrected chi connectivity index (χ2v) is 10.3. The fourth-order valence-corrected chi connectivity index (χ4v) is 6.26. The van der Waals surface area contributed by atoms with Crippen LogP contribution in [0.2, 0.25) is 0 Å². The molecule has 1 spiro atoms. The molecule has 3 heterocycles. The Balaban J connectivity index is 1.59. The third-order valence-corrected chi connectivity index (χ3v) is 7.97. The normalized spacial score (nSPS) is 21.2. The fourth-order valence-electron chi connectivity index (χ4n) is 5.91. The number of hydrogen-bond donors (Lipinski definition) is 0. The first-order chi connectivity index (χ1) is 17.0. The van der Waals surface area contributed by atoms with Crippen LogP contribution in [0.4, 0.5) is 21.9 Å². The third-order valence-electron chi connectivity index (χ3n) is 7.48. The molecule has 7 heteroatoms. The van der Waals surface area contributed by atoms with Crippen LogP contribution < -0.4 is 14.7 Å². The Labute approximate surface area is 212 Å². The van der Waals surface area contributed by atoms with Crippen molar-refractivity contribution in [1.29, 1.82) is 0 Å². The zero-order valence-electron chi connectivity index (χ0n) is 19.1. The van der Waals surface area contributed by atoms with E-state index in [4.69, 9.17) is 0 Å². The molecule has 3 aliphatic rings. The fraction of sp³-hybridized carbons (Fsp3) is 0.250. The zero-order chi connectivity index (χ0) is 24.2. The molecule has 3 aliphatic heterocycles. The van der Waals surface area contributed by atoms with Gasteiger partial charge >= 0.3 is 6.03 Å². The molecule has 3 aromatic rings. The number of hydrogen-bond acceptors (Lipinski definition) is 4. The number of fused-ring (bicyclic) bond motifs is 4. The summed E-state index contributed by atoms with van der Waals surface area (Å²) < 4.78 is 0.963. The Kier molecular flexibility index (Phi) is 5.25. The quantitative estimate of drug-likeness (QED) is 0.408. The highest BCUT2D eigenvalue weighted by atomic mass is 79.9. The Hall–Kier alpha value is -3.45. The minimum Gasteiger partial charge on any atom is -0.367 e. The van der Waals surface area contributed by atoms with E-state index in [1.807, 2.05) is 24.3 Å². The minimum absolute atomic E-state index is 0.258. The average molecular weight is 530 g/mol. The molecular formula is C28H24BrN3O3. The first-order valence-corrected chi connectivity index (χ1v) is 12.7. The number of nitrogens with zero attached hydrogens (tertiary/aromatic N) is 3. The van der Waals surface area contributed by atoms with Crippen molar-refractivity contribution in [2.75, 3.05) is 21.2 Å². The molecule has 0 aromatic heterocycles. The molecule has 176 valence electrons. The van der Waals surface area contributed by atoms with Crippen molar-refractivity contribution < 1.29 is 14.4 Å². The van der Waals surface area contributed by atoms with Gasteiger partial charge in [0.2, 0.25) is 0 Å². The second-order valence-electron chi connectivity index (χ2n) is 9.36. The van der Waals surface area contributed by atoms with Crippen molar-refractivity contribution >= 4 is 50.8 Å². The lowest BCUT2D eigenvalue weighted by Crippen LogP contribution is -2.73. The lowest BCUT2D eigenvalue weighted by atomic mass is 9.65. The van der Waals surface area contributed by atoms with Crippen LogP contribution in [0.15, 0.2) is 83.3 Å². The predicted molar refractivity (Wildman–Crippen MR) is 139 cm³/mol. The number of barbiturate groups is 1. The van der Waals surface area contributed by atoms with Crippen molar-refractivity contribution in [3.8, 4) is 0 Å². The zero-order valence-corrected chi connectivity index (χ0v) is 20.6. The van der Waals surface area contributed by atoms with E-state index >= 15 is 0 Å². The molecule has 6 rings (SSSR count). The van der Waals surface area contributed by atoms with E-state index in [2.05, 4.69) is 26.9 Å². The van der Waals surface area contributed by atoms with Crippen LogP contribution in [0.5, 0.6) is 0 Å². The largest absolute Gasteiger partial charge is 0.367 e. The number of para-hydroxylation sites is 2. The SMILES string of the molecule is O=C1N(c2ccccc2)C(=O)C2(Cc3ccc(Br)cc3N3CCCCC32)C(=O)N1c1ccccc1. The Morgan fingerprint density at radius 1 is 0.771 bits per heavy atom. The van der Waals surface area contributed by atoms with Crippen molar-refractivity contribution in [1.82, 2.24) is 0 Å². The predicted octanol–water partition coefficient (Wildman–Crippen LogP) is 5.55. The highest BCUT2D eigenvalue weighted by Gasteiger charge is 2.65. The molecule has 1 unspecified atom stereocenters. The van der Waals surface area contributed by atoms with Crippen LogP contribution in [0.25, 0.3) is 0 Å². The summed E-state index contributed by atoms with van der Waals surface area (Å²) in [6.45, 7) is 0.765. The summed E-state index contributed by atoms with van der Waals surface area (Å²) >= 11 is 3.58. The molecule has 0 saturated carbocycles. The molecule has 6 nitrogen and oxygen atoms in total. The topological polar surface area (TPSA) is 60.9 Å². The van der Waals surface area contributed by atoms with Crippen LogP contribution in [0.1, 0.15) is 24.8 Å². The van der Waals surface area contributed by atoms with Crippen LogP contribution in [-0.4, -0.2) is 30.4 Å². The van der Waals surface area contributed by atoms with E-state index in [-0.39, 0.29) is 12.5 Å². The molecule has 0 radical (unpaired) electrons. The van der Waals surface area contributed by atoms with E-state index in [0.29, 0.717) is 17.8 Å². The van der Waals surface area contributed by atoms with Gasteiger partial charge in [-0.2, -0.15) is 0 Å². The lowest BCUT2D eigenvalue weighted by molar-refractivity contribution is -0.143. The molecule has 35 heavy (non-hydrogen) atoms. The van der Waals surface area contributed by atoms with Gasteiger partial charge in [-0.1, -0.05) is 58.4 Å². The van der Waals surface area contributed by atoms with Gasteiger partial charge in [-0.25, -0.2) is 14.6 Å². The first-order valence-electron chi connectivity index (χ1n) is 11.9. The summed E-state index contributed by atoms with van der Waals surface area (Å²) in [6.07, 6.45) is 2.89. The van der Waals surface area contributed by atoms with Gasteiger partial charge in [0, 0.05) is 16.7 Å². The van der Waals surface area contributed by atoms with E-state index < -0.39 is 23.3 Å². The number of carbonyl (C=O) groups is 3. The lowest BCUT2D eigenvalue weighted by Gasteiger charge is -2.55. The van der Waals surface area contributed by atoms with E-state index in [1.165, 1.54) is 9.80 Å². The van der Waals surface area contributed by atoms with Gasteiger partial charge in [0.1, 0.15) is 0 Å². The number of rotatable bonds is 2. The van der Waals surface area contributed by atoms with Gasteiger partial charge in [0.05, 0.1) is 17.4 Å². The van der Waals surface area contributed by atoms with Gasteiger partial charge in [-0.15, -0.1) is 0 Å². The molecule has 3 aromatic carbocycles. The molecule has 0 bridgehead atoms. The van der Waals surface area contributed by atoms with Gasteiger partial charge in [-0.3, -0.25) is 9.59 Å². The van der Waals surface area contributed by atoms with E-state index in [0.717, 1.165) is 35.1 Å². The summed E-state index contributed by atoms with van der Waals surface area (Å²) in [4.78, 5) is 47.4. The van der Waals surface area contributed by atoms with Crippen molar-refractivity contribution in [2.45, 2.75) is 31.7 Å². The number of anilines is 3. The smallest absolute Gasteiger partial charge is 0.342 e. The number of urea groups is 1. The number of imide groups is 2. The molecule has 0 N–H and O–H groups in total. The number of benzene rings is 3. The Morgan fingerprint density at radius 3 is 1.97 bits per heavy atom. The molecule has 0 aliphatic carbocycles. The number of piperidine rings is 1. The monoisotopic (exact) mass is 529 g/mol. The number of halogens is 1. The Bertz CT molecular complexity index is 1270. The van der Waals surface area contributed by atoms with Crippen LogP contribution >= 0.6 is 15.9 Å². The Morgan fingerprint density at radius 2 is 1.37 bits per heavy atom. The minimum atomic E-state index is -1.40. The highest BCUT2D eigenvalue weighted by molar-refractivity contribution is 9.10. The van der Waals surface area contributed by atoms with Crippen LogP contribution in [-0.2, 0) is 16.0 Å². The maximum atomic E-state index is 14.5. The molecule has 1 atom stereocenters.